The van der Waals surface area contributed by atoms with Gasteiger partial charge < -0.3 is 10.2 Å². The number of pyridine rings is 1. The molecule has 1 aromatic heterocycles. The number of carbonyl (C=O) groups is 2. The molecule has 2 aromatic rings. The van der Waals surface area contributed by atoms with Crippen molar-refractivity contribution in [3.63, 3.8) is 0 Å². The number of aromatic nitrogens is 1. The highest BCUT2D eigenvalue weighted by Gasteiger charge is 2.16. The van der Waals surface area contributed by atoms with Gasteiger partial charge >= 0.3 is 0 Å². The lowest BCUT2D eigenvalue weighted by atomic mass is 10.1. The van der Waals surface area contributed by atoms with Crippen molar-refractivity contribution in [1.29, 1.82) is 0 Å². The Bertz CT molecular complexity index is 686. The first-order chi connectivity index (χ1) is 9.99. The van der Waals surface area contributed by atoms with Crippen LogP contribution in [0, 0.1) is 5.95 Å². The molecule has 1 heterocycles. The fourth-order valence-corrected chi connectivity index (χ4v) is 1.74. The number of halogens is 1. The van der Waals surface area contributed by atoms with Crippen LogP contribution in [0.1, 0.15) is 20.8 Å². The molecular formula is C15H14FN3O2. The smallest absolute Gasteiger partial charge is 0.274 e. The van der Waals surface area contributed by atoms with Gasteiger partial charge in [0.25, 0.3) is 11.8 Å². The van der Waals surface area contributed by atoms with E-state index < -0.39 is 11.9 Å². The quantitative estimate of drug-likeness (QED) is 0.880. The molecule has 2 rings (SSSR count). The van der Waals surface area contributed by atoms with Gasteiger partial charge in [-0.3, -0.25) is 9.59 Å². The number of hydrogen-bond donors (Lipinski definition) is 1. The van der Waals surface area contributed by atoms with Gasteiger partial charge in [0.15, 0.2) is 0 Å². The van der Waals surface area contributed by atoms with E-state index >= 15 is 0 Å². The molecule has 0 saturated carbocycles. The van der Waals surface area contributed by atoms with Crippen molar-refractivity contribution in [3.05, 3.63) is 59.7 Å². The average molecular weight is 287 g/mol. The van der Waals surface area contributed by atoms with Crippen LogP contribution in [0.5, 0.6) is 0 Å². The lowest BCUT2D eigenvalue weighted by Crippen LogP contribution is -2.24. The molecule has 0 unspecified atom stereocenters. The molecule has 0 radical (unpaired) electrons. The Morgan fingerprint density at radius 3 is 2.48 bits per heavy atom. The summed E-state index contributed by atoms with van der Waals surface area (Å²) in [6.45, 7) is 0. The summed E-state index contributed by atoms with van der Waals surface area (Å²) in [5.41, 5.74) is 0.654. The zero-order chi connectivity index (χ0) is 15.4. The lowest BCUT2D eigenvalue weighted by Gasteiger charge is -2.14. The van der Waals surface area contributed by atoms with Crippen LogP contribution >= 0.6 is 0 Å². The molecular weight excluding hydrogens is 273 g/mol. The van der Waals surface area contributed by atoms with E-state index in [1.807, 2.05) is 0 Å². The van der Waals surface area contributed by atoms with Crippen molar-refractivity contribution in [1.82, 2.24) is 9.88 Å². The van der Waals surface area contributed by atoms with Crippen LogP contribution < -0.4 is 5.32 Å². The van der Waals surface area contributed by atoms with Crippen LogP contribution in [0.25, 0.3) is 0 Å². The summed E-state index contributed by atoms with van der Waals surface area (Å²) in [6.07, 6.45) is 0. The zero-order valence-corrected chi connectivity index (χ0v) is 11.6. The molecule has 0 saturated heterocycles. The highest BCUT2D eigenvalue weighted by Crippen LogP contribution is 2.17. The third-order valence-corrected chi connectivity index (χ3v) is 2.76. The largest absolute Gasteiger partial charge is 0.345 e. The van der Waals surface area contributed by atoms with E-state index in [0.717, 1.165) is 6.07 Å². The number of hydrogen-bond acceptors (Lipinski definition) is 3. The summed E-state index contributed by atoms with van der Waals surface area (Å²) in [4.78, 5) is 29.0. The van der Waals surface area contributed by atoms with Crippen LogP contribution in [0.4, 0.5) is 10.1 Å². The topological polar surface area (TPSA) is 62.3 Å². The second-order valence-electron chi connectivity index (χ2n) is 4.54. The number of amides is 2. The minimum Gasteiger partial charge on any atom is -0.345 e. The molecule has 1 N–H and O–H groups in total. The van der Waals surface area contributed by atoms with E-state index in [1.54, 1.807) is 38.4 Å². The molecule has 0 bridgehead atoms. The second-order valence-corrected chi connectivity index (χ2v) is 4.54. The van der Waals surface area contributed by atoms with Crippen LogP contribution in [-0.2, 0) is 0 Å². The van der Waals surface area contributed by atoms with E-state index in [9.17, 15) is 14.0 Å². The van der Waals surface area contributed by atoms with Crippen molar-refractivity contribution in [2.45, 2.75) is 0 Å². The van der Waals surface area contributed by atoms with Crippen molar-refractivity contribution in [3.8, 4) is 0 Å². The number of anilines is 1. The van der Waals surface area contributed by atoms with Gasteiger partial charge in [-0.15, -0.1) is 0 Å². The average Bonchev–Trinajstić information content (AvgIpc) is 2.47. The maximum absolute atomic E-state index is 13.0. The standard InChI is InChI=1S/C15H14FN3O2/c1-19(2)15(21)10-6-3-4-7-11(10)18-14(20)12-8-5-9-13(16)17-12/h3-9H,1-2H3,(H,18,20). The number of rotatable bonds is 3. The second kappa shape index (κ2) is 6.13. The van der Waals surface area contributed by atoms with E-state index in [0.29, 0.717) is 11.3 Å². The molecule has 0 aliphatic rings. The molecule has 6 heteroatoms. The molecule has 2 amide bonds. The van der Waals surface area contributed by atoms with Gasteiger partial charge in [0, 0.05) is 14.1 Å². The molecule has 0 atom stereocenters. The summed E-state index contributed by atoms with van der Waals surface area (Å²) in [7, 11) is 3.24. The van der Waals surface area contributed by atoms with E-state index in [1.165, 1.54) is 17.0 Å². The Kier molecular flexibility index (Phi) is 4.27. The molecule has 21 heavy (non-hydrogen) atoms. The molecule has 0 fully saturated rings. The lowest BCUT2D eigenvalue weighted by molar-refractivity contribution is 0.0828. The van der Waals surface area contributed by atoms with Crippen LogP contribution in [-0.4, -0.2) is 35.8 Å². The molecule has 1 aromatic carbocycles. The summed E-state index contributed by atoms with van der Waals surface area (Å²) in [6, 6.07) is 10.6. The van der Waals surface area contributed by atoms with Crippen molar-refractivity contribution < 1.29 is 14.0 Å². The molecule has 108 valence electrons. The maximum atomic E-state index is 13.0. The normalized spacial score (nSPS) is 10.0. The fraction of sp³-hybridized carbons (Fsp3) is 0.133. The Labute approximate surface area is 121 Å². The minimum atomic E-state index is -0.736. The monoisotopic (exact) mass is 287 g/mol. The van der Waals surface area contributed by atoms with E-state index in [4.69, 9.17) is 0 Å². The third kappa shape index (κ3) is 3.42. The van der Waals surface area contributed by atoms with Crippen LogP contribution in [0.15, 0.2) is 42.5 Å². The molecule has 0 aliphatic carbocycles. The van der Waals surface area contributed by atoms with Crippen molar-refractivity contribution >= 4 is 17.5 Å². The number of nitrogens with zero attached hydrogens (tertiary/aromatic N) is 2. The highest BCUT2D eigenvalue weighted by molar-refractivity contribution is 6.08. The Morgan fingerprint density at radius 2 is 1.81 bits per heavy atom. The number of para-hydroxylation sites is 1. The van der Waals surface area contributed by atoms with Gasteiger partial charge in [0.05, 0.1) is 11.3 Å². The fourth-order valence-electron chi connectivity index (χ4n) is 1.74. The summed E-state index contributed by atoms with van der Waals surface area (Å²) >= 11 is 0. The summed E-state index contributed by atoms with van der Waals surface area (Å²) < 4.78 is 13.0. The van der Waals surface area contributed by atoms with Crippen molar-refractivity contribution in [2.75, 3.05) is 19.4 Å². The summed E-state index contributed by atoms with van der Waals surface area (Å²) in [5, 5.41) is 2.57. The van der Waals surface area contributed by atoms with Gasteiger partial charge in [-0.2, -0.15) is 4.39 Å². The molecule has 0 spiro atoms. The Hall–Kier alpha value is -2.76. The molecule has 0 aliphatic heterocycles. The SMILES string of the molecule is CN(C)C(=O)c1ccccc1NC(=O)c1cccc(F)n1. The van der Waals surface area contributed by atoms with Gasteiger partial charge in [-0.1, -0.05) is 18.2 Å². The molecule has 5 nitrogen and oxygen atoms in total. The minimum absolute atomic E-state index is 0.0536. The maximum Gasteiger partial charge on any atom is 0.274 e. The Morgan fingerprint density at radius 1 is 1.10 bits per heavy atom. The first-order valence-electron chi connectivity index (χ1n) is 6.23. The van der Waals surface area contributed by atoms with Gasteiger partial charge in [0.1, 0.15) is 5.69 Å². The Balaban J connectivity index is 2.28. The van der Waals surface area contributed by atoms with Crippen LogP contribution in [0.2, 0.25) is 0 Å². The van der Waals surface area contributed by atoms with Gasteiger partial charge in [-0.05, 0) is 24.3 Å². The number of carbonyl (C=O) groups excluding carboxylic acids is 2. The predicted molar refractivity (Wildman–Crippen MR) is 76.6 cm³/mol. The van der Waals surface area contributed by atoms with E-state index in [2.05, 4.69) is 10.3 Å². The predicted octanol–water partition coefficient (Wildman–Crippen LogP) is 2.17. The van der Waals surface area contributed by atoms with Crippen molar-refractivity contribution in [2.24, 2.45) is 0 Å². The van der Waals surface area contributed by atoms with Crippen LogP contribution in [0.3, 0.4) is 0 Å². The number of nitrogens with one attached hydrogen (secondary N) is 1. The third-order valence-electron chi connectivity index (χ3n) is 2.76. The first-order valence-corrected chi connectivity index (χ1v) is 6.23. The van der Waals surface area contributed by atoms with Gasteiger partial charge in [-0.25, -0.2) is 4.98 Å². The van der Waals surface area contributed by atoms with Gasteiger partial charge in [0.2, 0.25) is 5.95 Å². The first kappa shape index (κ1) is 14.6. The summed E-state index contributed by atoms with van der Waals surface area (Å²) in [5.74, 6) is -1.55. The number of benzene rings is 1. The highest BCUT2D eigenvalue weighted by atomic mass is 19.1. The van der Waals surface area contributed by atoms with E-state index in [-0.39, 0.29) is 11.6 Å². The zero-order valence-electron chi connectivity index (χ0n) is 11.6.